The predicted molar refractivity (Wildman–Crippen MR) is 109 cm³/mol. The van der Waals surface area contributed by atoms with Gasteiger partial charge in [-0.1, -0.05) is 29.4 Å². The van der Waals surface area contributed by atoms with E-state index in [1.807, 2.05) is 24.3 Å². The lowest BCUT2D eigenvalue weighted by molar-refractivity contribution is -0.385. The molecule has 0 aliphatic carbocycles. The molecular weight excluding hydrogens is 388 g/mol. The van der Waals surface area contributed by atoms with E-state index in [1.165, 1.54) is 12.1 Å². The Morgan fingerprint density at radius 2 is 2.03 bits per heavy atom. The number of aromatic hydroxyl groups is 1. The van der Waals surface area contributed by atoms with Gasteiger partial charge in [-0.05, 0) is 17.7 Å². The molecule has 148 valence electrons. The lowest BCUT2D eigenvalue weighted by Gasteiger charge is -2.19. The number of aromatic nitrogens is 3. The van der Waals surface area contributed by atoms with Crippen molar-refractivity contribution in [3.8, 4) is 16.9 Å². The van der Waals surface area contributed by atoms with Gasteiger partial charge in [0.2, 0.25) is 0 Å². The number of hydrogen-bond donors (Lipinski definition) is 3. The maximum absolute atomic E-state index is 11.3. The second-order valence-corrected chi connectivity index (χ2v) is 6.90. The molecule has 0 radical (unpaired) electrons. The smallest absolute Gasteiger partial charge is 0.311 e. The molecule has 0 saturated carbocycles. The van der Waals surface area contributed by atoms with E-state index in [0.29, 0.717) is 16.9 Å². The molecule has 1 aliphatic rings. The second-order valence-electron chi connectivity index (χ2n) is 6.90. The molecule has 2 aromatic carbocycles. The maximum Gasteiger partial charge on any atom is 0.311 e. The lowest BCUT2D eigenvalue weighted by Crippen LogP contribution is -2.11. The summed E-state index contributed by atoms with van der Waals surface area (Å²) in [7, 11) is 0. The van der Waals surface area contributed by atoms with E-state index >= 15 is 0 Å². The minimum absolute atomic E-state index is 0.132. The average molecular weight is 402 g/mol. The number of rotatable bonds is 4. The number of phenols is 1. The van der Waals surface area contributed by atoms with E-state index < -0.39 is 16.7 Å². The summed E-state index contributed by atoms with van der Waals surface area (Å²) in [5, 5.41) is 36.8. The monoisotopic (exact) mass is 402 g/mol. The highest BCUT2D eigenvalue weighted by molar-refractivity contribution is 6.02. The Labute approximate surface area is 168 Å². The van der Waals surface area contributed by atoms with Crippen LogP contribution in [-0.4, -0.2) is 25.2 Å². The van der Waals surface area contributed by atoms with Crippen LogP contribution in [0.15, 0.2) is 53.8 Å². The van der Waals surface area contributed by atoms with Crippen molar-refractivity contribution in [1.82, 2.24) is 15.2 Å². The second kappa shape index (κ2) is 6.62. The van der Waals surface area contributed by atoms with Crippen molar-refractivity contribution in [1.29, 1.82) is 0 Å². The molecular formula is C20H14N6O4. The summed E-state index contributed by atoms with van der Waals surface area (Å²) in [4.78, 5) is 24.8. The van der Waals surface area contributed by atoms with Gasteiger partial charge in [0, 0.05) is 40.0 Å². The van der Waals surface area contributed by atoms with Gasteiger partial charge in [0.05, 0.1) is 16.7 Å². The van der Waals surface area contributed by atoms with Gasteiger partial charge in [-0.15, -0.1) is 5.10 Å². The fourth-order valence-electron chi connectivity index (χ4n) is 3.95. The number of H-pyrrole nitrogens is 1. The van der Waals surface area contributed by atoms with Gasteiger partial charge >= 0.3 is 5.69 Å². The first-order valence-corrected chi connectivity index (χ1v) is 9.07. The summed E-state index contributed by atoms with van der Waals surface area (Å²) >= 11 is 0. The summed E-state index contributed by atoms with van der Waals surface area (Å²) in [5.74, 6) is -0.400. The number of nitro benzene ring substituents is 1. The minimum atomic E-state index is -0.622. The van der Waals surface area contributed by atoms with Crippen molar-refractivity contribution < 1.29 is 10.0 Å². The third-order valence-corrected chi connectivity index (χ3v) is 5.25. The first kappa shape index (κ1) is 17.7. The zero-order valence-electron chi connectivity index (χ0n) is 15.4. The number of aromatic amines is 1. The Morgan fingerprint density at radius 3 is 2.83 bits per heavy atom. The molecule has 0 amide bonds. The Balaban J connectivity index is 1.83. The van der Waals surface area contributed by atoms with Gasteiger partial charge in [-0.25, -0.2) is 0 Å². The molecule has 5 rings (SSSR count). The molecule has 1 atom stereocenters. The third kappa shape index (κ3) is 2.58. The van der Waals surface area contributed by atoms with Crippen molar-refractivity contribution in [2.24, 2.45) is 5.18 Å². The highest BCUT2D eigenvalue weighted by atomic mass is 16.6. The quantitative estimate of drug-likeness (QED) is 0.265. The predicted octanol–water partition coefficient (Wildman–Crippen LogP) is 4.02. The molecule has 30 heavy (non-hydrogen) atoms. The first-order valence-electron chi connectivity index (χ1n) is 9.07. The number of phenolic OH excluding ortho intramolecular Hbond substituents is 1. The van der Waals surface area contributed by atoms with Crippen LogP contribution in [0.2, 0.25) is 0 Å². The van der Waals surface area contributed by atoms with Crippen molar-refractivity contribution in [3.63, 3.8) is 0 Å². The number of fused-ring (bicyclic) bond motifs is 2. The minimum Gasteiger partial charge on any atom is -0.502 e. The van der Waals surface area contributed by atoms with Gasteiger partial charge < -0.3 is 15.4 Å². The average Bonchev–Trinajstić information content (AvgIpc) is 3.10. The van der Waals surface area contributed by atoms with Gasteiger partial charge in [0.1, 0.15) is 6.54 Å². The van der Waals surface area contributed by atoms with Crippen molar-refractivity contribution in [2.75, 3.05) is 5.32 Å². The summed E-state index contributed by atoms with van der Waals surface area (Å²) in [6.07, 6.45) is 1.77. The van der Waals surface area contributed by atoms with E-state index in [1.54, 1.807) is 12.3 Å². The summed E-state index contributed by atoms with van der Waals surface area (Å²) in [6.45, 7) is -0.132. The first-order chi connectivity index (χ1) is 14.6. The molecule has 0 fully saturated rings. The van der Waals surface area contributed by atoms with Crippen molar-refractivity contribution in [3.05, 3.63) is 80.5 Å². The summed E-state index contributed by atoms with van der Waals surface area (Å²) in [6, 6.07) is 11.4. The molecule has 1 aliphatic heterocycles. The number of nitrogens with one attached hydrogen (secondary N) is 2. The van der Waals surface area contributed by atoms with Crippen LogP contribution in [0.1, 0.15) is 22.9 Å². The molecule has 0 spiro atoms. The van der Waals surface area contributed by atoms with Crippen LogP contribution in [0.25, 0.3) is 22.2 Å². The van der Waals surface area contributed by atoms with Crippen LogP contribution in [0.3, 0.4) is 0 Å². The number of para-hydroxylation sites is 1. The molecule has 2 aromatic heterocycles. The van der Waals surface area contributed by atoms with Crippen LogP contribution in [0, 0.1) is 15.0 Å². The largest absolute Gasteiger partial charge is 0.502 e. The van der Waals surface area contributed by atoms with Crippen LogP contribution in [0.5, 0.6) is 5.75 Å². The van der Waals surface area contributed by atoms with E-state index in [2.05, 4.69) is 25.7 Å². The number of nitro groups is 1. The van der Waals surface area contributed by atoms with Crippen LogP contribution < -0.4 is 5.32 Å². The molecule has 1 unspecified atom stereocenters. The summed E-state index contributed by atoms with van der Waals surface area (Å²) < 4.78 is 0. The number of benzene rings is 2. The van der Waals surface area contributed by atoms with Crippen LogP contribution in [0.4, 0.5) is 11.4 Å². The highest BCUT2D eigenvalue weighted by Crippen LogP contribution is 2.45. The fourth-order valence-corrected chi connectivity index (χ4v) is 3.95. The van der Waals surface area contributed by atoms with E-state index in [9.17, 15) is 20.1 Å². The van der Waals surface area contributed by atoms with E-state index in [0.717, 1.165) is 27.8 Å². The molecule has 4 aromatic rings. The Kier molecular flexibility index (Phi) is 3.91. The van der Waals surface area contributed by atoms with Crippen molar-refractivity contribution in [2.45, 2.75) is 12.6 Å². The van der Waals surface area contributed by atoms with Gasteiger partial charge in [-0.2, -0.15) is 10.0 Å². The molecule has 10 heteroatoms. The number of nitroso groups, excluding NO2 is 1. The Morgan fingerprint density at radius 1 is 1.20 bits per heavy atom. The molecule has 3 N–H and O–H groups in total. The van der Waals surface area contributed by atoms with E-state index in [4.69, 9.17) is 0 Å². The normalized spacial score (nSPS) is 14.6. The highest BCUT2D eigenvalue weighted by Gasteiger charge is 2.29. The number of anilines is 1. The molecule has 3 heterocycles. The molecule has 0 saturated heterocycles. The topological polar surface area (TPSA) is 146 Å². The van der Waals surface area contributed by atoms with Gasteiger partial charge in [-0.3, -0.25) is 10.1 Å². The van der Waals surface area contributed by atoms with Gasteiger partial charge in [0.25, 0.3) is 0 Å². The lowest BCUT2D eigenvalue weighted by atomic mass is 9.95. The van der Waals surface area contributed by atoms with Gasteiger partial charge in [0.15, 0.2) is 11.4 Å². The Bertz CT molecular complexity index is 1330. The maximum atomic E-state index is 11.3. The zero-order valence-corrected chi connectivity index (χ0v) is 15.4. The third-order valence-electron chi connectivity index (χ3n) is 5.25. The van der Waals surface area contributed by atoms with Crippen LogP contribution >= 0.6 is 0 Å². The fraction of sp³-hybridized carbons (Fsp3) is 0.100. The number of hydrogen-bond acceptors (Lipinski definition) is 8. The number of nitrogens with zero attached hydrogens (tertiary/aromatic N) is 4. The Hall–Kier alpha value is -4.34. The standard InChI is InChI=1S/C20H14N6O4/c27-16-6-5-10(7-15(16)26(29)30)19-12-8-21-20-18(12)17(14(9-22-28)24-25-20)11-3-1-2-4-13(11)23-19/h1-8,19,23,27H,9H2,(H,21,25). The summed E-state index contributed by atoms with van der Waals surface area (Å²) in [5.41, 5.74) is 4.33. The SMILES string of the molecule is O=NCc1nnc2[nH]cc3c2c1-c1ccccc1NC3c1ccc(O)c([N+](=O)[O-])c1. The molecule has 0 bridgehead atoms. The van der Waals surface area contributed by atoms with Crippen molar-refractivity contribution >= 4 is 22.4 Å². The van der Waals surface area contributed by atoms with E-state index in [-0.39, 0.29) is 12.2 Å². The zero-order chi connectivity index (χ0) is 20.8. The molecule has 10 nitrogen and oxygen atoms in total. The van der Waals surface area contributed by atoms with Crippen LogP contribution in [-0.2, 0) is 6.54 Å².